The molecule has 2 rings (SSSR count). The molecule has 0 fully saturated rings. The zero-order chi connectivity index (χ0) is 10.8. The van der Waals surface area contributed by atoms with Crippen LogP contribution in [0.4, 0.5) is 0 Å². The van der Waals surface area contributed by atoms with Crippen molar-refractivity contribution in [3.63, 3.8) is 0 Å². The molecule has 1 N–H and O–H groups in total. The van der Waals surface area contributed by atoms with Gasteiger partial charge in [-0.15, -0.1) is 0 Å². The summed E-state index contributed by atoms with van der Waals surface area (Å²) in [6, 6.07) is 1.73. The van der Waals surface area contributed by atoms with Crippen molar-refractivity contribution in [1.29, 1.82) is 0 Å². The third-order valence-electron chi connectivity index (χ3n) is 2.87. The molecule has 0 radical (unpaired) electrons. The maximum Gasteiger partial charge on any atom is 0.129 e. The van der Waals surface area contributed by atoms with Gasteiger partial charge in [0, 0.05) is 7.11 Å². The normalized spacial score (nSPS) is 20.1. The summed E-state index contributed by atoms with van der Waals surface area (Å²) in [4.78, 5) is 4.30. The van der Waals surface area contributed by atoms with Crippen LogP contribution in [0, 0.1) is 0 Å². The predicted octanol–water partition coefficient (Wildman–Crippen LogP) is 2.25. The van der Waals surface area contributed by atoms with Crippen molar-refractivity contribution in [2.45, 2.75) is 32.0 Å². The lowest BCUT2D eigenvalue weighted by Crippen LogP contribution is -2.15. The Labute approximate surface area is 94.0 Å². The molecule has 15 heavy (non-hydrogen) atoms. The van der Waals surface area contributed by atoms with Crippen LogP contribution < -0.4 is 0 Å². The number of aromatic nitrogens is 1. The second-order valence-electron chi connectivity index (χ2n) is 3.74. The van der Waals surface area contributed by atoms with E-state index in [1.165, 1.54) is 0 Å². The molecule has 0 saturated carbocycles. The molecule has 1 atom stereocenters. The first-order valence-electron chi connectivity index (χ1n) is 5.08. The Balaban J connectivity index is 2.51. The monoisotopic (exact) mass is 227 g/mol. The number of methoxy groups -OCH3 is 1. The van der Waals surface area contributed by atoms with E-state index >= 15 is 0 Å². The van der Waals surface area contributed by atoms with Gasteiger partial charge in [-0.1, -0.05) is 11.6 Å². The van der Waals surface area contributed by atoms with Crippen molar-refractivity contribution in [2.24, 2.45) is 0 Å². The predicted molar refractivity (Wildman–Crippen MR) is 57.9 cm³/mol. The summed E-state index contributed by atoms with van der Waals surface area (Å²) in [6.07, 6.45) is 3.02. The van der Waals surface area contributed by atoms with Crippen LogP contribution in [0.1, 0.15) is 35.8 Å². The number of ether oxygens (including phenoxy) is 1. The molecule has 1 aliphatic carbocycles. The highest BCUT2D eigenvalue weighted by atomic mass is 35.5. The average molecular weight is 228 g/mol. The van der Waals surface area contributed by atoms with Gasteiger partial charge in [-0.2, -0.15) is 0 Å². The second kappa shape index (κ2) is 4.47. The van der Waals surface area contributed by atoms with Gasteiger partial charge in [0.25, 0.3) is 0 Å². The fourth-order valence-electron chi connectivity index (χ4n) is 2.14. The van der Waals surface area contributed by atoms with E-state index in [1.807, 2.05) is 0 Å². The number of halogens is 1. The van der Waals surface area contributed by atoms with Gasteiger partial charge in [-0.25, -0.2) is 4.98 Å². The molecular weight excluding hydrogens is 214 g/mol. The van der Waals surface area contributed by atoms with Crippen molar-refractivity contribution < 1.29 is 9.84 Å². The lowest BCUT2D eigenvalue weighted by atomic mass is 9.90. The summed E-state index contributed by atoms with van der Waals surface area (Å²) in [7, 11) is 1.68. The minimum absolute atomic E-state index is 0.0149. The molecule has 0 bridgehead atoms. The van der Waals surface area contributed by atoms with Crippen molar-refractivity contribution >= 4 is 11.6 Å². The third kappa shape index (κ3) is 2.00. The number of hydrogen-bond donors (Lipinski definition) is 1. The Morgan fingerprint density at radius 1 is 1.67 bits per heavy atom. The summed E-state index contributed by atoms with van der Waals surface area (Å²) in [5.41, 5.74) is 2.90. The summed E-state index contributed by atoms with van der Waals surface area (Å²) >= 11 is 5.91. The minimum Gasteiger partial charge on any atom is -0.392 e. The molecule has 0 spiro atoms. The number of hydrogen-bond acceptors (Lipinski definition) is 3. The van der Waals surface area contributed by atoms with Gasteiger partial charge < -0.3 is 9.84 Å². The number of aliphatic hydroxyl groups is 1. The molecule has 1 aliphatic rings. The van der Waals surface area contributed by atoms with Crippen molar-refractivity contribution in [3.8, 4) is 0 Å². The van der Waals surface area contributed by atoms with E-state index in [9.17, 15) is 5.11 Å². The third-order valence-corrected chi connectivity index (χ3v) is 3.06. The number of aliphatic hydroxyl groups excluding tert-OH is 1. The smallest absolute Gasteiger partial charge is 0.129 e. The molecule has 1 aromatic heterocycles. The van der Waals surface area contributed by atoms with Gasteiger partial charge in [0.1, 0.15) is 5.15 Å². The van der Waals surface area contributed by atoms with Crippen LogP contribution in [-0.2, 0) is 17.8 Å². The Bertz CT molecular complexity index is 368. The number of fused-ring (bicyclic) bond motifs is 1. The highest BCUT2D eigenvalue weighted by Gasteiger charge is 2.24. The first-order chi connectivity index (χ1) is 7.26. The maximum absolute atomic E-state index is 9.25. The summed E-state index contributed by atoms with van der Waals surface area (Å²) in [6.45, 7) is 0.0149. The SMILES string of the molecule is COC1CCCc2c(CO)cc(Cl)nc21. The van der Waals surface area contributed by atoms with Crippen LogP contribution in [0.25, 0.3) is 0 Å². The van der Waals surface area contributed by atoms with Crippen LogP contribution in [0.2, 0.25) is 5.15 Å². The lowest BCUT2D eigenvalue weighted by Gasteiger charge is -2.25. The lowest BCUT2D eigenvalue weighted by molar-refractivity contribution is 0.0838. The maximum atomic E-state index is 9.25. The Morgan fingerprint density at radius 3 is 3.13 bits per heavy atom. The molecular formula is C11H14ClNO2. The van der Waals surface area contributed by atoms with Crippen molar-refractivity contribution in [1.82, 2.24) is 4.98 Å². The van der Waals surface area contributed by atoms with E-state index in [0.717, 1.165) is 36.1 Å². The Morgan fingerprint density at radius 2 is 2.47 bits per heavy atom. The van der Waals surface area contributed by atoms with Crippen LogP contribution in [0.15, 0.2) is 6.07 Å². The molecule has 1 heterocycles. The average Bonchev–Trinajstić information content (AvgIpc) is 2.27. The number of pyridine rings is 1. The Hall–Kier alpha value is -0.640. The molecule has 3 nitrogen and oxygen atoms in total. The topological polar surface area (TPSA) is 42.4 Å². The zero-order valence-electron chi connectivity index (χ0n) is 8.66. The molecule has 82 valence electrons. The molecule has 1 aromatic rings. The summed E-state index contributed by atoms with van der Waals surface area (Å²) in [5, 5.41) is 9.68. The van der Waals surface area contributed by atoms with Gasteiger partial charge in [0.15, 0.2) is 0 Å². The van der Waals surface area contributed by atoms with E-state index in [1.54, 1.807) is 13.2 Å². The molecule has 1 unspecified atom stereocenters. The highest BCUT2D eigenvalue weighted by Crippen LogP contribution is 2.33. The summed E-state index contributed by atoms with van der Waals surface area (Å²) in [5.74, 6) is 0. The fraction of sp³-hybridized carbons (Fsp3) is 0.545. The number of nitrogens with zero attached hydrogens (tertiary/aromatic N) is 1. The van der Waals surface area contributed by atoms with Gasteiger partial charge in [0.05, 0.1) is 18.4 Å². The van der Waals surface area contributed by atoms with Gasteiger partial charge in [-0.3, -0.25) is 0 Å². The largest absolute Gasteiger partial charge is 0.392 e. The van der Waals surface area contributed by atoms with E-state index in [0.29, 0.717) is 5.15 Å². The fourth-order valence-corrected chi connectivity index (χ4v) is 2.36. The van der Waals surface area contributed by atoms with Crippen LogP contribution in [0.3, 0.4) is 0 Å². The van der Waals surface area contributed by atoms with Gasteiger partial charge in [0.2, 0.25) is 0 Å². The van der Waals surface area contributed by atoms with E-state index in [4.69, 9.17) is 16.3 Å². The summed E-state index contributed by atoms with van der Waals surface area (Å²) < 4.78 is 5.37. The molecule has 0 aromatic carbocycles. The molecule has 0 aliphatic heterocycles. The number of rotatable bonds is 2. The first-order valence-corrected chi connectivity index (χ1v) is 5.46. The molecule has 4 heteroatoms. The van der Waals surface area contributed by atoms with Crippen molar-refractivity contribution in [2.75, 3.05) is 7.11 Å². The van der Waals surface area contributed by atoms with Crippen LogP contribution in [0.5, 0.6) is 0 Å². The quantitative estimate of drug-likeness (QED) is 0.788. The van der Waals surface area contributed by atoms with E-state index in [2.05, 4.69) is 4.98 Å². The minimum atomic E-state index is 0.0149. The highest BCUT2D eigenvalue weighted by molar-refractivity contribution is 6.29. The standard InChI is InChI=1S/C11H14ClNO2/c1-15-9-4-2-3-8-7(6-14)5-10(12)13-11(8)9/h5,9,14H,2-4,6H2,1H3. The van der Waals surface area contributed by atoms with E-state index < -0.39 is 0 Å². The van der Waals surface area contributed by atoms with Gasteiger partial charge in [-0.05, 0) is 36.5 Å². The Kier molecular flexibility index (Phi) is 3.24. The zero-order valence-corrected chi connectivity index (χ0v) is 9.42. The molecule has 0 saturated heterocycles. The van der Waals surface area contributed by atoms with Crippen LogP contribution >= 0.6 is 11.6 Å². The van der Waals surface area contributed by atoms with E-state index in [-0.39, 0.29) is 12.7 Å². The van der Waals surface area contributed by atoms with Crippen molar-refractivity contribution in [3.05, 3.63) is 28.0 Å². The molecule has 0 amide bonds. The van der Waals surface area contributed by atoms with Crippen LogP contribution in [-0.4, -0.2) is 17.2 Å². The second-order valence-corrected chi connectivity index (χ2v) is 4.13. The first kappa shape index (κ1) is 10.9. The van der Waals surface area contributed by atoms with Gasteiger partial charge >= 0.3 is 0 Å².